The van der Waals surface area contributed by atoms with Gasteiger partial charge in [-0.15, -0.1) is 0 Å². The molecule has 5 heteroatoms. The molecule has 168 valence electrons. The topological polar surface area (TPSA) is 37.3 Å². The molecule has 0 aliphatic heterocycles. The average Bonchev–Trinajstić information content (AvgIpc) is 2.75. The minimum atomic E-state index is -1.54. The van der Waals surface area contributed by atoms with Crippen molar-refractivity contribution in [2.45, 2.75) is 95.8 Å². The molecule has 0 amide bonds. The number of hydrogen-bond donors (Lipinski definition) is 1. The quantitative estimate of drug-likeness (QED) is 0.442. The van der Waals surface area contributed by atoms with E-state index in [0.29, 0.717) is 18.8 Å². The number of aliphatic carboxylic acids is 1. The van der Waals surface area contributed by atoms with Crippen molar-refractivity contribution in [3.63, 3.8) is 0 Å². The van der Waals surface area contributed by atoms with Crippen molar-refractivity contribution >= 4 is 5.97 Å². The van der Waals surface area contributed by atoms with Crippen LogP contribution in [0, 0.1) is 35.2 Å². The van der Waals surface area contributed by atoms with Crippen molar-refractivity contribution in [3.8, 4) is 0 Å². The van der Waals surface area contributed by atoms with Gasteiger partial charge in [0.2, 0.25) is 0 Å². The van der Waals surface area contributed by atoms with Gasteiger partial charge in [0.15, 0.2) is 17.5 Å². The zero-order chi connectivity index (χ0) is 21.7. The van der Waals surface area contributed by atoms with E-state index in [1.165, 1.54) is 51.4 Å². The van der Waals surface area contributed by atoms with Crippen LogP contribution in [-0.2, 0) is 10.2 Å². The first kappa shape index (κ1) is 23.1. The number of carboxylic acids is 1. The summed E-state index contributed by atoms with van der Waals surface area (Å²) >= 11 is 0. The van der Waals surface area contributed by atoms with Crippen LogP contribution in [0.25, 0.3) is 0 Å². The highest BCUT2D eigenvalue weighted by molar-refractivity contribution is 5.81. The van der Waals surface area contributed by atoms with Gasteiger partial charge in [-0.1, -0.05) is 64.7 Å². The first-order valence-electron chi connectivity index (χ1n) is 11.7. The number of benzene rings is 1. The molecule has 3 rings (SSSR count). The van der Waals surface area contributed by atoms with Crippen molar-refractivity contribution < 1.29 is 23.1 Å². The molecule has 0 heterocycles. The number of hydrogen-bond acceptors (Lipinski definition) is 1. The van der Waals surface area contributed by atoms with Crippen LogP contribution in [0.4, 0.5) is 13.2 Å². The number of rotatable bonds is 8. The second-order valence-corrected chi connectivity index (χ2v) is 9.69. The third-order valence-electron chi connectivity index (χ3n) is 7.82. The Kier molecular flexibility index (Phi) is 7.86. The highest BCUT2D eigenvalue weighted by Crippen LogP contribution is 2.45. The van der Waals surface area contributed by atoms with E-state index in [2.05, 4.69) is 6.92 Å². The summed E-state index contributed by atoms with van der Waals surface area (Å²) in [6.45, 7) is 2.25. The van der Waals surface area contributed by atoms with E-state index in [1.54, 1.807) is 0 Å². The maximum absolute atomic E-state index is 13.7. The molecule has 1 aromatic carbocycles. The molecule has 0 aromatic heterocycles. The van der Waals surface area contributed by atoms with Crippen LogP contribution in [0.1, 0.15) is 96.0 Å². The Morgan fingerprint density at radius 1 is 0.900 bits per heavy atom. The van der Waals surface area contributed by atoms with E-state index in [0.717, 1.165) is 43.2 Å². The fraction of sp³-hybridized carbons (Fsp3) is 0.720. The van der Waals surface area contributed by atoms with Gasteiger partial charge in [-0.25, -0.2) is 13.2 Å². The molecule has 2 aliphatic rings. The van der Waals surface area contributed by atoms with E-state index < -0.39 is 28.8 Å². The first-order valence-corrected chi connectivity index (χ1v) is 11.7. The summed E-state index contributed by atoms with van der Waals surface area (Å²) in [7, 11) is 0. The zero-order valence-corrected chi connectivity index (χ0v) is 18.1. The molecule has 1 aromatic rings. The van der Waals surface area contributed by atoms with Gasteiger partial charge >= 0.3 is 5.97 Å². The SMILES string of the molecule is CCCCC1CCC(CCC2CCC(C(=O)O)(c3cc(F)c(F)c(F)c3)CC2)CC1. The molecular weight excluding hydrogens is 389 g/mol. The van der Waals surface area contributed by atoms with Crippen LogP contribution in [0.2, 0.25) is 0 Å². The Labute approximate surface area is 178 Å². The smallest absolute Gasteiger partial charge is 0.314 e. The number of carboxylic acid groups (broad SMARTS) is 1. The van der Waals surface area contributed by atoms with Gasteiger partial charge < -0.3 is 5.11 Å². The molecule has 0 spiro atoms. The largest absolute Gasteiger partial charge is 0.481 e. The Bertz CT molecular complexity index is 694. The van der Waals surface area contributed by atoms with Crippen LogP contribution < -0.4 is 0 Å². The summed E-state index contributed by atoms with van der Waals surface area (Å²) in [6, 6.07) is 1.73. The van der Waals surface area contributed by atoms with Crippen LogP contribution in [-0.4, -0.2) is 11.1 Å². The molecule has 2 nitrogen and oxygen atoms in total. The molecule has 1 N–H and O–H groups in total. The molecule has 2 fully saturated rings. The second-order valence-electron chi connectivity index (χ2n) is 9.69. The maximum Gasteiger partial charge on any atom is 0.314 e. The lowest BCUT2D eigenvalue weighted by atomic mass is 9.65. The van der Waals surface area contributed by atoms with Crippen molar-refractivity contribution in [3.05, 3.63) is 35.1 Å². The third kappa shape index (κ3) is 5.20. The fourth-order valence-corrected chi connectivity index (χ4v) is 5.69. The summed E-state index contributed by atoms with van der Waals surface area (Å²) in [6.07, 6.45) is 13.8. The van der Waals surface area contributed by atoms with Crippen molar-refractivity contribution in [2.75, 3.05) is 0 Å². The van der Waals surface area contributed by atoms with Crippen molar-refractivity contribution in [2.24, 2.45) is 17.8 Å². The van der Waals surface area contributed by atoms with Gasteiger partial charge in [-0.05, 0) is 61.1 Å². The average molecular weight is 425 g/mol. The Morgan fingerprint density at radius 2 is 1.37 bits per heavy atom. The fourth-order valence-electron chi connectivity index (χ4n) is 5.69. The summed E-state index contributed by atoms with van der Waals surface area (Å²) in [5, 5.41) is 9.86. The maximum atomic E-state index is 13.7. The number of unbranched alkanes of at least 4 members (excludes halogenated alkanes) is 1. The Morgan fingerprint density at radius 3 is 1.83 bits per heavy atom. The predicted octanol–water partition coefficient (Wildman–Crippen LogP) is 7.39. The van der Waals surface area contributed by atoms with E-state index >= 15 is 0 Å². The molecule has 2 aliphatic carbocycles. The van der Waals surface area contributed by atoms with Crippen LogP contribution in [0.15, 0.2) is 12.1 Å². The van der Waals surface area contributed by atoms with E-state index in [4.69, 9.17) is 0 Å². The summed E-state index contributed by atoms with van der Waals surface area (Å²) in [5.74, 6) is -3.10. The molecular formula is C25H35F3O2. The van der Waals surface area contributed by atoms with Crippen LogP contribution >= 0.6 is 0 Å². The first-order chi connectivity index (χ1) is 14.4. The second kappa shape index (κ2) is 10.2. The minimum Gasteiger partial charge on any atom is -0.481 e. The van der Waals surface area contributed by atoms with E-state index in [-0.39, 0.29) is 5.56 Å². The van der Waals surface area contributed by atoms with Gasteiger partial charge in [-0.2, -0.15) is 0 Å². The highest BCUT2D eigenvalue weighted by Gasteiger charge is 2.44. The van der Waals surface area contributed by atoms with Crippen LogP contribution in [0.3, 0.4) is 0 Å². The summed E-state index contributed by atoms with van der Waals surface area (Å²) in [4.78, 5) is 12.1. The van der Waals surface area contributed by atoms with Gasteiger partial charge in [-0.3, -0.25) is 4.79 Å². The highest BCUT2D eigenvalue weighted by atomic mass is 19.2. The van der Waals surface area contributed by atoms with Crippen molar-refractivity contribution in [1.82, 2.24) is 0 Å². The molecule has 30 heavy (non-hydrogen) atoms. The standard InChI is InChI=1S/C25H35F3O2/c1-2-3-4-17-5-7-18(8-6-17)9-10-19-11-13-25(14-12-19,24(29)30)20-15-21(26)23(28)22(27)16-20/h15-19H,2-14H2,1H3,(H,29,30). The molecule has 2 saturated carbocycles. The number of halogens is 3. The van der Waals surface area contributed by atoms with Gasteiger partial charge in [0.1, 0.15) is 0 Å². The molecule has 0 bridgehead atoms. The van der Waals surface area contributed by atoms with Gasteiger partial charge in [0, 0.05) is 0 Å². The lowest BCUT2D eigenvalue weighted by Gasteiger charge is -2.38. The summed E-state index contributed by atoms with van der Waals surface area (Å²) in [5.41, 5.74) is -1.27. The molecule has 0 saturated heterocycles. The molecule has 0 unspecified atom stereocenters. The minimum absolute atomic E-state index is 0.0512. The Hall–Kier alpha value is -1.52. The van der Waals surface area contributed by atoms with Gasteiger partial charge in [0.05, 0.1) is 5.41 Å². The van der Waals surface area contributed by atoms with E-state index in [9.17, 15) is 23.1 Å². The van der Waals surface area contributed by atoms with Crippen molar-refractivity contribution in [1.29, 1.82) is 0 Å². The normalized spacial score (nSPS) is 29.7. The Balaban J connectivity index is 1.52. The van der Waals surface area contributed by atoms with Gasteiger partial charge in [0.25, 0.3) is 0 Å². The van der Waals surface area contributed by atoms with E-state index in [1.807, 2.05) is 0 Å². The lowest BCUT2D eigenvalue weighted by Crippen LogP contribution is -2.40. The predicted molar refractivity (Wildman–Crippen MR) is 112 cm³/mol. The van der Waals surface area contributed by atoms with Crippen LogP contribution in [0.5, 0.6) is 0 Å². The summed E-state index contributed by atoms with van der Waals surface area (Å²) < 4.78 is 40.8. The monoisotopic (exact) mass is 424 g/mol. The molecule has 0 atom stereocenters. The zero-order valence-electron chi connectivity index (χ0n) is 18.1. The number of carbonyl (C=O) groups is 1. The third-order valence-corrected chi connectivity index (χ3v) is 7.82. The lowest BCUT2D eigenvalue weighted by molar-refractivity contribution is -0.145. The molecule has 0 radical (unpaired) electrons.